The Bertz CT molecular complexity index is 338. The Hall–Kier alpha value is -1.06. The highest BCUT2D eigenvalue weighted by atomic mass is 16.5. The van der Waals surface area contributed by atoms with Gasteiger partial charge < -0.3 is 10.1 Å². The molecule has 1 aliphatic carbocycles. The van der Waals surface area contributed by atoms with Gasteiger partial charge in [0.05, 0.1) is 6.61 Å². The summed E-state index contributed by atoms with van der Waals surface area (Å²) in [5.74, 6) is -0.592. The molecule has 1 N–H and O–H groups in total. The topological polar surface area (TPSA) is 55.4 Å². The Labute approximate surface area is 122 Å². The number of hydrogen-bond acceptors (Lipinski definition) is 3. The second kappa shape index (κ2) is 7.09. The molecule has 4 nitrogen and oxygen atoms in total. The molecular weight excluding hydrogens is 254 g/mol. The number of amides is 1. The van der Waals surface area contributed by atoms with E-state index in [2.05, 4.69) is 12.2 Å². The Morgan fingerprint density at radius 2 is 1.75 bits per heavy atom. The van der Waals surface area contributed by atoms with E-state index in [1.54, 1.807) is 6.92 Å². The second-order valence-corrected chi connectivity index (χ2v) is 7.02. The fourth-order valence-corrected chi connectivity index (χ4v) is 2.77. The van der Waals surface area contributed by atoms with Crippen LogP contribution in [0.4, 0.5) is 0 Å². The summed E-state index contributed by atoms with van der Waals surface area (Å²) >= 11 is 0. The SMILES string of the molecule is CCOC(=O)C(C(=O)NC1CCC(C)CC1)C(C)(C)C. The first-order valence-electron chi connectivity index (χ1n) is 7.72. The highest BCUT2D eigenvalue weighted by Crippen LogP contribution is 2.29. The van der Waals surface area contributed by atoms with Crippen LogP contribution in [0.5, 0.6) is 0 Å². The second-order valence-electron chi connectivity index (χ2n) is 7.02. The monoisotopic (exact) mass is 283 g/mol. The van der Waals surface area contributed by atoms with Gasteiger partial charge in [-0.3, -0.25) is 9.59 Å². The summed E-state index contributed by atoms with van der Waals surface area (Å²) in [6, 6.07) is 0.206. The number of hydrogen-bond donors (Lipinski definition) is 1. The summed E-state index contributed by atoms with van der Waals surface area (Å²) in [6.07, 6.45) is 4.30. The molecule has 0 saturated heterocycles. The summed E-state index contributed by atoms with van der Waals surface area (Å²) in [4.78, 5) is 24.5. The van der Waals surface area contributed by atoms with Gasteiger partial charge in [0.2, 0.25) is 5.91 Å². The molecule has 0 aliphatic heterocycles. The van der Waals surface area contributed by atoms with Gasteiger partial charge in [0.25, 0.3) is 0 Å². The fraction of sp³-hybridized carbons (Fsp3) is 0.875. The van der Waals surface area contributed by atoms with Crippen molar-refractivity contribution in [3.8, 4) is 0 Å². The van der Waals surface area contributed by atoms with Crippen molar-refractivity contribution in [3.05, 3.63) is 0 Å². The number of esters is 1. The molecule has 1 amide bonds. The van der Waals surface area contributed by atoms with Crippen molar-refractivity contribution in [1.82, 2.24) is 5.32 Å². The maximum Gasteiger partial charge on any atom is 0.319 e. The first kappa shape index (κ1) is 17.0. The lowest BCUT2D eigenvalue weighted by Gasteiger charge is -2.32. The van der Waals surface area contributed by atoms with Crippen LogP contribution in [-0.2, 0) is 14.3 Å². The minimum atomic E-state index is -0.734. The van der Waals surface area contributed by atoms with Gasteiger partial charge in [0.1, 0.15) is 5.92 Å². The van der Waals surface area contributed by atoms with Gasteiger partial charge in [-0.25, -0.2) is 0 Å². The van der Waals surface area contributed by atoms with Crippen LogP contribution in [-0.4, -0.2) is 24.5 Å². The molecule has 0 aromatic carbocycles. The molecular formula is C16H29NO3. The zero-order valence-electron chi connectivity index (χ0n) is 13.5. The standard InChI is InChI=1S/C16H29NO3/c1-6-20-15(19)13(16(3,4)5)14(18)17-12-9-7-11(2)8-10-12/h11-13H,6-10H2,1-5H3,(H,17,18). The summed E-state index contributed by atoms with van der Waals surface area (Å²) in [5, 5.41) is 3.05. The average molecular weight is 283 g/mol. The average Bonchev–Trinajstić information content (AvgIpc) is 2.30. The molecule has 1 atom stereocenters. The van der Waals surface area contributed by atoms with E-state index in [4.69, 9.17) is 4.74 Å². The molecule has 1 aliphatic rings. The summed E-state index contributed by atoms with van der Waals surface area (Å²) in [5.41, 5.74) is -0.432. The van der Waals surface area contributed by atoms with Crippen LogP contribution in [0, 0.1) is 17.3 Å². The maximum atomic E-state index is 12.4. The Morgan fingerprint density at radius 3 is 2.20 bits per heavy atom. The lowest BCUT2D eigenvalue weighted by molar-refractivity contribution is -0.157. The predicted octanol–water partition coefficient (Wildman–Crippen LogP) is 2.91. The Kier molecular flexibility index (Phi) is 6.03. The largest absolute Gasteiger partial charge is 0.465 e. The zero-order valence-corrected chi connectivity index (χ0v) is 13.5. The van der Waals surface area contributed by atoms with Gasteiger partial charge in [-0.1, -0.05) is 27.7 Å². The normalized spacial score (nSPS) is 24.9. The highest BCUT2D eigenvalue weighted by molar-refractivity contribution is 5.98. The van der Waals surface area contributed by atoms with Crippen molar-refractivity contribution in [3.63, 3.8) is 0 Å². The van der Waals surface area contributed by atoms with Gasteiger partial charge >= 0.3 is 5.97 Å². The number of ether oxygens (including phenoxy) is 1. The van der Waals surface area contributed by atoms with Gasteiger partial charge in [-0.2, -0.15) is 0 Å². The van der Waals surface area contributed by atoms with E-state index < -0.39 is 17.3 Å². The van der Waals surface area contributed by atoms with Crippen LogP contribution in [0.2, 0.25) is 0 Å². The van der Waals surface area contributed by atoms with Gasteiger partial charge in [0.15, 0.2) is 0 Å². The molecule has 1 fully saturated rings. The quantitative estimate of drug-likeness (QED) is 0.637. The van der Waals surface area contributed by atoms with Crippen LogP contribution < -0.4 is 5.32 Å². The molecule has 0 radical (unpaired) electrons. The summed E-state index contributed by atoms with van der Waals surface area (Å²) in [7, 11) is 0. The molecule has 4 heteroatoms. The Morgan fingerprint density at radius 1 is 1.20 bits per heavy atom. The minimum Gasteiger partial charge on any atom is -0.465 e. The van der Waals surface area contributed by atoms with Crippen molar-refractivity contribution in [2.75, 3.05) is 6.61 Å². The molecule has 0 bridgehead atoms. The smallest absolute Gasteiger partial charge is 0.319 e. The zero-order chi connectivity index (χ0) is 15.3. The van der Waals surface area contributed by atoms with E-state index in [9.17, 15) is 9.59 Å². The molecule has 0 aromatic rings. The number of carbonyl (C=O) groups is 2. The Balaban J connectivity index is 2.66. The fourth-order valence-electron chi connectivity index (χ4n) is 2.77. The van der Waals surface area contributed by atoms with E-state index in [0.29, 0.717) is 6.61 Å². The van der Waals surface area contributed by atoms with Crippen LogP contribution in [0.3, 0.4) is 0 Å². The molecule has 0 spiro atoms. The molecule has 20 heavy (non-hydrogen) atoms. The van der Waals surface area contributed by atoms with Crippen molar-refractivity contribution < 1.29 is 14.3 Å². The van der Waals surface area contributed by atoms with Crippen molar-refractivity contribution in [1.29, 1.82) is 0 Å². The lowest BCUT2D eigenvalue weighted by Crippen LogP contribution is -2.47. The predicted molar refractivity (Wildman–Crippen MR) is 79.1 cm³/mol. The van der Waals surface area contributed by atoms with Crippen molar-refractivity contribution in [2.45, 2.75) is 66.3 Å². The third kappa shape index (κ3) is 4.80. The van der Waals surface area contributed by atoms with Crippen LogP contribution in [0.15, 0.2) is 0 Å². The lowest BCUT2D eigenvalue weighted by atomic mass is 9.79. The van der Waals surface area contributed by atoms with Crippen LogP contribution in [0.25, 0.3) is 0 Å². The van der Waals surface area contributed by atoms with Gasteiger partial charge in [-0.05, 0) is 43.9 Å². The highest BCUT2D eigenvalue weighted by Gasteiger charge is 2.39. The molecule has 116 valence electrons. The first-order chi connectivity index (χ1) is 9.25. The minimum absolute atomic E-state index is 0.185. The van der Waals surface area contributed by atoms with Gasteiger partial charge in [0, 0.05) is 6.04 Å². The number of rotatable bonds is 4. The molecule has 0 aromatic heterocycles. The van der Waals surface area contributed by atoms with E-state index in [-0.39, 0.29) is 11.9 Å². The van der Waals surface area contributed by atoms with Crippen molar-refractivity contribution >= 4 is 11.9 Å². The van der Waals surface area contributed by atoms with E-state index in [1.807, 2.05) is 20.8 Å². The van der Waals surface area contributed by atoms with Crippen LogP contribution in [0.1, 0.15) is 60.3 Å². The third-order valence-electron chi connectivity index (χ3n) is 4.01. The summed E-state index contributed by atoms with van der Waals surface area (Å²) < 4.78 is 5.06. The van der Waals surface area contributed by atoms with Gasteiger partial charge in [-0.15, -0.1) is 0 Å². The van der Waals surface area contributed by atoms with Crippen molar-refractivity contribution in [2.24, 2.45) is 17.3 Å². The first-order valence-corrected chi connectivity index (χ1v) is 7.72. The number of nitrogens with one attached hydrogen (secondary N) is 1. The van der Waals surface area contributed by atoms with E-state index >= 15 is 0 Å². The maximum absolute atomic E-state index is 12.4. The van der Waals surface area contributed by atoms with E-state index in [1.165, 1.54) is 0 Å². The van der Waals surface area contributed by atoms with E-state index in [0.717, 1.165) is 31.6 Å². The molecule has 0 heterocycles. The summed E-state index contributed by atoms with van der Waals surface area (Å²) in [6.45, 7) is 10.0. The molecule has 1 rings (SSSR count). The van der Waals surface area contributed by atoms with Crippen LogP contribution >= 0.6 is 0 Å². The third-order valence-corrected chi connectivity index (χ3v) is 4.01. The number of carbonyl (C=O) groups excluding carboxylic acids is 2. The molecule has 1 unspecified atom stereocenters. The molecule has 1 saturated carbocycles.